The van der Waals surface area contributed by atoms with E-state index in [1.165, 1.54) is 18.5 Å². The Morgan fingerprint density at radius 2 is 2.23 bits per heavy atom. The van der Waals surface area contributed by atoms with Crippen molar-refractivity contribution in [2.24, 2.45) is 5.92 Å². The molecule has 0 bridgehead atoms. The zero-order valence-electron chi connectivity index (χ0n) is 8.89. The van der Waals surface area contributed by atoms with Gasteiger partial charge in [0.15, 0.2) is 0 Å². The highest BCUT2D eigenvalue weighted by Crippen LogP contribution is 2.24. The lowest BCUT2D eigenvalue weighted by Gasteiger charge is -2.23. The van der Waals surface area contributed by atoms with Crippen LogP contribution in [0.5, 0.6) is 0 Å². The van der Waals surface area contributed by atoms with E-state index < -0.39 is 0 Å². The van der Waals surface area contributed by atoms with Gasteiger partial charge in [0, 0.05) is 17.9 Å². The van der Waals surface area contributed by atoms with Crippen molar-refractivity contribution in [3.05, 3.63) is 11.6 Å². The lowest BCUT2D eigenvalue weighted by atomic mass is 10.1. The second-order valence-electron chi connectivity index (χ2n) is 4.26. The van der Waals surface area contributed by atoms with E-state index in [1.807, 2.05) is 0 Å². The topological polar surface area (TPSA) is 3.24 Å². The molecule has 1 aliphatic heterocycles. The highest BCUT2D eigenvalue weighted by Gasteiger charge is 2.28. The summed E-state index contributed by atoms with van der Waals surface area (Å²) in [7, 11) is 0. The van der Waals surface area contributed by atoms with Crippen LogP contribution in [0.2, 0.25) is 0 Å². The third-order valence-electron chi connectivity index (χ3n) is 2.89. The number of alkyl halides is 1. The van der Waals surface area contributed by atoms with E-state index in [2.05, 4.69) is 47.7 Å². The van der Waals surface area contributed by atoms with E-state index in [1.54, 1.807) is 0 Å². The van der Waals surface area contributed by atoms with Crippen molar-refractivity contribution in [2.75, 3.05) is 18.4 Å². The summed E-state index contributed by atoms with van der Waals surface area (Å²) < 4.78 is 0. The zero-order chi connectivity index (χ0) is 9.84. The standard InChI is InChI=1S/C11H20BrN/c1-9(2)4-6-13-7-5-10(3)11(13)8-12/h4,10-11H,5-8H2,1-3H3. The molecule has 0 N–H and O–H groups in total. The fourth-order valence-corrected chi connectivity index (χ4v) is 2.91. The Hall–Kier alpha value is 0.180. The molecule has 1 fully saturated rings. The summed E-state index contributed by atoms with van der Waals surface area (Å²) in [6, 6.07) is 0.746. The molecule has 13 heavy (non-hydrogen) atoms. The molecule has 0 amide bonds. The number of allylic oxidation sites excluding steroid dienone is 1. The van der Waals surface area contributed by atoms with Gasteiger partial charge in [-0.2, -0.15) is 0 Å². The molecule has 0 radical (unpaired) electrons. The maximum atomic E-state index is 3.60. The van der Waals surface area contributed by atoms with Crippen LogP contribution in [0.4, 0.5) is 0 Å². The molecule has 0 spiro atoms. The fraction of sp³-hybridized carbons (Fsp3) is 0.818. The Balaban J connectivity index is 2.46. The summed E-state index contributed by atoms with van der Waals surface area (Å²) in [5.41, 5.74) is 1.42. The molecule has 0 aromatic carbocycles. The van der Waals surface area contributed by atoms with Gasteiger partial charge in [0.2, 0.25) is 0 Å². The van der Waals surface area contributed by atoms with Gasteiger partial charge in [0.05, 0.1) is 0 Å². The van der Waals surface area contributed by atoms with Crippen LogP contribution in [0, 0.1) is 5.92 Å². The van der Waals surface area contributed by atoms with Crippen molar-refractivity contribution in [1.82, 2.24) is 4.90 Å². The summed E-state index contributed by atoms with van der Waals surface area (Å²) in [6.07, 6.45) is 3.68. The maximum absolute atomic E-state index is 3.60. The molecule has 0 aromatic heterocycles. The van der Waals surface area contributed by atoms with Gasteiger partial charge in [-0.25, -0.2) is 0 Å². The number of hydrogen-bond acceptors (Lipinski definition) is 1. The predicted octanol–water partition coefficient (Wildman–Crippen LogP) is 3.06. The predicted molar refractivity (Wildman–Crippen MR) is 62.4 cm³/mol. The maximum Gasteiger partial charge on any atom is 0.0222 e. The molecule has 2 heteroatoms. The fourth-order valence-electron chi connectivity index (χ4n) is 1.86. The first-order chi connectivity index (χ1) is 6.15. The van der Waals surface area contributed by atoms with Gasteiger partial charge in [-0.1, -0.05) is 34.5 Å². The minimum atomic E-state index is 0.746. The molecule has 1 heterocycles. The van der Waals surface area contributed by atoms with E-state index in [0.29, 0.717) is 0 Å². The largest absolute Gasteiger partial charge is 0.296 e. The van der Waals surface area contributed by atoms with Gasteiger partial charge in [0.25, 0.3) is 0 Å². The number of halogens is 1. The van der Waals surface area contributed by atoms with E-state index in [-0.39, 0.29) is 0 Å². The highest BCUT2D eigenvalue weighted by molar-refractivity contribution is 9.09. The van der Waals surface area contributed by atoms with Gasteiger partial charge in [-0.15, -0.1) is 0 Å². The van der Waals surface area contributed by atoms with Gasteiger partial charge in [-0.05, 0) is 32.7 Å². The lowest BCUT2D eigenvalue weighted by Crippen LogP contribution is -2.33. The monoisotopic (exact) mass is 245 g/mol. The van der Waals surface area contributed by atoms with Crippen LogP contribution >= 0.6 is 15.9 Å². The summed E-state index contributed by atoms with van der Waals surface area (Å²) in [6.45, 7) is 9.09. The van der Waals surface area contributed by atoms with Crippen LogP contribution in [0.25, 0.3) is 0 Å². The Morgan fingerprint density at radius 3 is 2.77 bits per heavy atom. The zero-order valence-corrected chi connectivity index (χ0v) is 10.5. The summed E-state index contributed by atoms with van der Waals surface area (Å²) in [4.78, 5) is 2.58. The van der Waals surface area contributed by atoms with Crippen LogP contribution in [0.1, 0.15) is 27.2 Å². The molecule has 0 saturated carbocycles. The summed E-state index contributed by atoms with van der Waals surface area (Å²) in [5.74, 6) is 0.852. The van der Waals surface area contributed by atoms with Crippen LogP contribution < -0.4 is 0 Å². The minimum absolute atomic E-state index is 0.746. The molecule has 1 saturated heterocycles. The first-order valence-electron chi connectivity index (χ1n) is 5.08. The van der Waals surface area contributed by atoms with Crippen molar-refractivity contribution < 1.29 is 0 Å². The van der Waals surface area contributed by atoms with Gasteiger partial charge >= 0.3 is 0 Å². The number of hydrogen-bond donors (Lipinski definition) is 0. The molecule has 1 aliphatic rings. The van der Waals surface area contributed by atoms with Gasteiger partial charge in [-0.3, -0.25) is 4.90 Å². The highest BCUT2D eigenvalue weighted by atomic mass is 79.9. The van der Waals surface area contributed by atoms with Crippen molar-refractivity contribution >= 4 is 15.9 Å². The van der Waals surface area contributed by atoms with Crippen LogP contribution in [0.15, 0.2) is 11.6 Å². The second kappa shape index (κ2) is 5.16. The van der Waals surface area contributed by atoms with E-state index >= 15 is 0 Å². The average molecular weight is 246 g/mol. The molecular weight excluding hydrogens is 226 g/mol. The summed E-state index contributed by atoms with van der Waals surface area (Å²) in [5, 5.41) is 1.12. The first-order valence-corrected chi connectivity index (χ1v) is 6.20. The quantitative estimate of drug-likeness (QED) is 0.546. The van der Waals surface area contributed by atoms with E-state index in [0.717, 1.165) is 23.8 Å². The molecular formula is C11H20BrN. The third-order valence-corrected chi connectivity index (χ3v) is 3.55. The van der Waals surface area contributed by atoms with E-state index in [9.17, 15) is 0 Å². The molecule has 2 atom stereocenters. The number of nitrogens with zero attached hydrogens (tertiary/aromatic N) is 1. The van der Waals surface area contributed by atoms with Gasteiger partial charge < -0.3 is 0 Å². The molecule has 1 nitrogen and oxygen atoms in total. The number of likely N-dealkylation sites (tertiary alicyclic amines) is 1. The molecule has 0 aromatic rings. The second-order valence-corrected chi connectivity index (χ2v) is 4.91. The normalized spacial score (nSPS) is 29.2. The lowest BCUT2D eigenvalue weighted by molar-refractivity contribution is 0.278. The Morgan fingerprint density at radius 1 is 1.54 bits per heavy atom. The molecule has 1 rings (SSSR count). The number of rotatable bonds is 3. The molecule has 0 aliphatic carbocycles. The third kappa shape index (κ3) is 3.10. The Bertz CT molecular complexity index is 185. The smallest absolute Gasteiger partial charge is 0.0222 e. The molecule has 2 unspecified atom stereocenters. The van der Waals surface area contributed by atoms with Crippen LogP contribution in [-0.4, -0.2) is 29.4 Å². The van der Waals surface area contributed by atoms with Crippen molar-refractivity contribution in [3.8, 4) is 0 Å². The van der Waals surface area contributed by atoms with Crippen LogP contribution in [-0.2, 0) is 0 Å². The van der Waals surface area contributed by atoms with E-state index in [4.69, 9.17) is 0 Å². The van der Waals surface area contributed by atoms with Crippen LogP contribution in [0.3, 0.4) is 0 Å². The van der Waals surface area contributed by atoms with Crippen molar-refractivity contribution in [1.29, 1.82) is 0 Å². The SMILES string of the molecule is CC(C)=CCN1CCC(C)C1CBr. The van der Waals surface area contributed by atoms with Gasteiger partial charge in [0.1, 0.15) is 0 Å². The van der Waals surface area contributed by atoms with Crippen molar-refractivity contribution in [3.63, 3.8) is 0 Å². The van der Waals surface area contributed by atoms with Crippen molar-refractivity contribution in [2.45, 2.75) is 33.2 Å². The first kappa shape index (κ1) is 11.3. The Labute approximate surface area is 90.3 Å². The average Bonchev–Trinajstić information content (AvgIpc) is 2.42. The Kier molecular flexibility index (Phi) is 4.47. The summed E-state index contributed by atoms with van der Waals surface area (Å²) >= 11 is 3.60. The molecule has 76 valence electrons. The minimum Gasteiger partial charge on any atom is -0.296 e.